The van der Waals surface area contributed by atoms with Gasteiger partial charge in [0.2, 0.25) is 0 Å². The standard InChI is InChI=1S/C18H19N3O5/c1-3-13-4-10-16(11-5-13)26-12(2)17(22)19-20-18(23)14-6-8-15(9-7-14)21(24)25/h4-12H,3H2,1-2H3,(H,19,22)(H,20,23)/t12-/m0/s1. The van der Waals surface area contributed by atoms with Gasteiger partial charge >= 0.3 is 0 Å². The second-order valence-corrected chi connectivity index (χ2v) is 5.50. The van der Waals surface area contributed by atoms with Gasteiger partial charge in [-0.1, -0.05) is 19.1 Å². The fraction of sp³-hybridized carbons (Fsp3) is 0.222. The fourth-order valence-corrected chi connectivity index (χ4v) is 2.09. The van der Waals surface area contributed by atoms with Crippen LogP contribution in [0.2, 0.25) is 0 Å². The summed E-state index contributed by atoms with van der Waals surface area (Å²) in [6, 6.07) is 12.4. The zero-order valence-corrected chi connectivity index (χ0v) is 14.4. The Morgan fingerprint density at radius 2 is 1.69 bits per heavy atom. The number of aryl methyl sites for hydroxylation is 1. The van der Waals surface area contributed by atoms with Crippen LogP contribution in [0.3, 0.4) is 0 Å². The number of carbonyl (C=O) groups is 2. The first-order chi connectivity index (χ1) is 12.4. The average molecular weight is 357 g/mol. The Morgan fingerprint density at radius 1 is 1.08 bits per heavy atom. The summed E-state index contributed by atoms with van der Waals surface area (Å²) in [4.78, 5) is 34.0. The quantitative estimate of drug-likeness (QED) is 0.609. The molecule has 8 nitrogen and oxygen atoms in total. The summed E-state index contributed by atoms with van der Waals surface area (Å²) in [6.45, 7) is 3.60. The van der Waals surface area contributed by atoms with Gasteiger partial charge in [-0.25, -0.2) is 0 Å². The second kappa shape index (κ2) is 8.61. The number of nitrogens with one attached hydrogen (secondary N) is 2. The highest BCUT2D eigenvalue weighted by molar-refractivity contribution is 5.95. The zero-order valence-electron chi connectivity index (χ0n) is 14.4. The number of carbonyl (C=O) groups excluding carboxylic acids is 2. The first-order valence-electron chi connectivity index (χ1n) is 8.01. The van der Waals surface area contributed by atoms with Crippen LogP contribution in [0.4, 0.5) is 5.69 Å². The van der Waals surface area contributed by atoms with E-state index in [1.165, 1.54) is 24.3 Å². The van der Waals surface area contributed by atoms with Crippen molar-refractivity contribution in [3.8, 4) is 5.75 Å². The lowest BCUT2D eigenvalue weighted by Crippen LogP contribution is -2.47. The predicted octanol–water partition coefficient (Wildman–Crippen LogP) is 2.39. The Bertz CT molecular complexity index is 787. The van der Waals surface area contributed by atoms with E-state index in [2.05, 4.69) is 10.9 Å². The molecule has 136 valence electrons. The molecule has 2 amide bonds. The van der Waals surface area contributed by atoms with Crippen LogP contribution in [0.5, 0.6) is 5.75 Å². The van der Waals surface area contributed by atoms with Gasteiger partial charge in [0.1, 0.15) is 5.75 Å². The predicted molar refractivity (Wildman–Crippen MR) is 94.6 cm³/mol. The molecule has 0 saturated heterocycles. The van der Waals surface area contributed by atoms with Gasteiger partial charge in [-0.05, 0) is 43.2 Å². The minimum absolute atomic E-state index is 0.123. The number of benzene rings is 2. The maximum Gasteiger partial charge on any atom is 0.279 e. The SMILES string of the molecule is CCc1ccc(O[C@@H](C)C(=O)NNC(=O)c2ccc([N+](=O)[O-])cc2)cc1. The number of ether oxygens (including phenoxy) is 1. The molecule has 2 rings (SSSR count). The maximum absolute atomic E-state index is 12.0. The van der Waals surface area contributed by atoms with Crippen LogP contribution in [-0.4, -0.2) is 22.8 Å². The molecule has 2 aromatic rings. The molecule has 0 unspecified atom stereocenters. The summed E-state index contributed by atoms with van der Waals surface area (Å²) in [5.41, 5.74) is 5.72. The molecule has 2 N–H and O–H groups in total. The van der Waals surface area contributed by atoms with Crippen molar-refractivity contribution < 1.29 is 19.2 Å². The van der Waals surface area contributed by atoms with Crippen molar-refractivity contribution >= 4 is 17.5 Å². The van der Waals surface area contributed by atoms with Crippen molar-refractivity contribution in [3.63, 3.8) is 0 Å². The number of rotatable bonds is 6. The normalized spacial score (nSPS) is 11.3. The van der Waals surface area contributed by atoms with Crippen LogP contribution in [0.25, 0.3) is 0 Å². The highest BCUT2D eigenvalue weighted by Gasteiger charge is 2.16. The van der Waals surface area contributed by atoms with E-state index in [1.807, 2.05) is 19.1 Å². The van der Waals surface area contributed by atoms with E-state index in [9.17, 15) is 19.7 Å². The molecule has 0 radical (unpaired) electrons. The van der Waals surface area contributed by atoms with E-state index in [0.717, 1.165) is 12.0 Å². The van der Waals surface area contributed by atoms with E-state index in [4.69, 9.17) is 4.74 Å². The first-order valence-corrected chi connectivity index (χ1v) is 8.01. The lowest BCUT2D eigenvalue weighted by Gasteiger charge is -2.15. The minimum Gasteiger partial charge on any atom is -0.481 e. The number of amides is 2. The molecule has 1 atom stereocenters. The summed E-state index contributed by atoms with van der Waals surface area (Å²) < 4.78 is 5.52. The van der Waals surface area contributed by atoms with Crippen molar-refractivity contribution in [2.75, 3.05) is 0 Å². The Morgan fingerprint density at radius 3 is 2.23 bits per heavy atom. The van der Waals surface area contributed by atoms with Gasteiger partial charge < -0.3 is 4.74 Å². The summed E-state index contributed by atoms with van der Waals surface area (Å²) in [5.74, 6) is -0.570. The molecule has 2 aromatic carbocycles. The molecule has 0 spiro atoms. The third-order valence-electron chi connectivity index (χ3n) is 3.65. The van der Waals surface area contributed by atoms with E-state index in [1.54, 1.807) is 19.1 Å². The molecular weight excluding hydrogens is 338 g/mol. The van der Waals surface area contributed by atoms with Crippen molar-refractivity contribution in [2.45, 2.75) is 26.4 Å². The number of non-ortho nitro benzene ring substituents is 1. The number of nitrogens with zero attached hydrogens (tertiary/aromatic N) is 1. The second-order valence-electron chi connectivity index (χ2n) is 5.50. The molecular formula is C18H19N3O5. The Hall–Kier alpha value is -3.42. The molecule has 0 fully saturated rings. The van der Waals surface area contributed by atoms with Crippen molar-refractivity contribution in [2.24, 2.45) is 0 Å². The highest BCUT2D eigenvalue weighted by atomic mass is 16.6. The Kier molecular flexibility index (Phi) is 6.26. The number of nitro benzene ring substituents is 1. The van der Waals surface area contributed by atoms with Gasteiger partial charge in [-0.3, -0.25) is 30.6 Å². The minimum atomic E-state index is -0.820. The van der Waals surface area contributed by atoms with E-state index >= 15 is 0 Å². The molecule has 0 heterocycles. The number of hydrogen-bond donors (Lipinski definition) is 2. The molecule has 0 saturated carbocycles. The summed E-state index contributed by atoms with van der Waals surface area (Å²) in [7, 11) is 0. The molecule has 8 heteroatoms. The molecule has 0 aliphatic rings. The Labute approximate surface area is 150 Å². The maximum atomic E-state index is 12.0. The smallest absolute Gasteiger partial charge is 0.279 e. The zero-order chi connectivity index (χ0) is 19.1. The molecule has 0 aromatic heterocycles. The molecule has 26 heavy (non-hydrogen) atoms. The average Bonchev–Trinajstić information content (AvgIpc) is 2.66. The van der Waals surface area contributed by atoms with E-state index in [-0.39, 0.29) is 11.3 Å². The number of hydrogen-bond acceptors (Lipinski definition) is 5. The first kappa shape index (κ1) is 18.9. The van der Waals surface area contributed by atoms with Gasteiger partial charge in [0.25, 0.3) is 17.5 Å². The highest BCUT2D eigenvalue weighted by Crippen LogP contribution is 2.14. The van der Waals surface area contributed by atoms with Gasteiger partial charge in [-0.2, -0.15) is 0 Å². The summed E-state index contributed by atoms with van der Waals surface area (Å²) in [5, 5.41) is 10.6. The molecule has 0 aliphatic carbocycles. The largest absolute Gasteiger partial charge is 0.481 e. The van der Waals surface area contributed by atoms with Crippen LogP contribution < -0.4 is 15.6 Å². The van der Waals surface area contributed by atoms with Crippen LogP contribution in [0, 0.1) is 10.1 Å². The lowest BCUT2D eigenvalue weighted by atomic mass is 10.2. The topological polar surface area (TPSA) is 111 Å². The van der Waals surface area contributed by atoms with Crippen molar-refractivity contribution in [1.82, 2.24) is 10.9 Å². The van der Waals surface area contributed by atoms with Gasteiger partial charge in [0.05, 0.1) is 4.92 Å². The van der Waals surface area contributed by atoms with E-state index < -0.39 is 22.8 Å². The molecule has 0 aliphatic heterocycles. The number of hydrazine groups is 1. The summed E-state index contributed by atoms with van der Waals surface area (Å²) in [6.07, 6.45) is 0.0880. The lowest BCUT2D eigenvalue weighted by molar-refractivity contribution is -0.384. The number of nitro groups is 1. The van der Waals surface area contributed by atoms with E-state index in [0.29, 0.717) is 5.75 Å². The van der Waals surface area contributed by atoms with Crippen LogP contribution in [0.15, 0.2) is 48.5 Å². The van der Waals surface area contributed by atoms with Gasteiger partial charge in [-0.15, -0.1) is 0 Å². The van der Waals surface area contributed by atoms with Crippen molar-refractivity contribution in [1.29, 1.82) is 0 Å². The third kappa shape index (κ3) is 5.04. The van der Waals surface area contributed by atoms with Crippen LogP contribution in [-0.2, 0) is 11.2 Å². The summed E-state index contributed by atoms with van der Waals surface area (Å²) >= 11 is 0. The monoisotopic (exact) mass is 357 g/mol. The van der Waals surface area contributed by atoms with Gasteiger partial charge in [0.15, 0.2) is 6.10 Å². The van der Waals surface area contributed by atoms with Crippen LogP contribution >= 0.6 is 0 Å². The fourth-order valence-electron chi connectivity index (χ4n) is 2.09. The molecule has 0 bridgehead atoms. The van der Waals surface area contributed by atoms with Crippen molar-refractivity contribution in [3.05, 3.63) is 69.8 Å². The van der Waals surface area contributed by atoms with Crippen LogP contribution in [0.1, 0.15) is 29.8 Å². The Balaban J connectivity index is 1.86. The van der Waals surface area contributed by atoms with Gasteiger partial charge in [0, 0.05) is 17.7 Å². The third-order valence-corrected chi connectivity index (χ3v) is 3.65.